The van der Waals surface area contributed by atoms with E-state index in [0.717, 1.165) is 31.2 Å². The van der Waals surface area contributed by atoms with Crippen molar-refractivity contribution < 1.29 is 18.7 Å². The first-order chi connectivity index (χ1) is 19.1. The summed E-state index contributed by atoms with van der Waals surface area (Å²) in [5.74, 6) is -1.15. The molecule has 1 aliphatic heterocycles. The Hall–Kier alpha value is -4.00. The molecule has 0 spiro atoms. The van der Waals surface area contributed by atoms with Crippen LogP contribution in [-0.4, -0.2) is 42.1 Å². The summed E-state index contributed by atoms with van der Waals surface area (Å²) < 4.78 is 22.7. The van der Waals surface area contributed by atoms with Gasteiger partial charge in [-0.15, -0.1) is 5.10 Å². The summed E-state index contributed by atoms with van der Waals surface area (Å²) in [7, 11) is 1.71. The van der Waals surface area contributed by atoms with Crippen LogP contribution in [0.5, 0.6) is 0 Å². The molecule has 208 valence electrons. The molecule has 1 saturated heterocycles. The van der Waals surface area contributed by atoms with Gasteiger partial charge < -0.3 is 4.74 Å². The average molecular weight is 545 g/mol. The number of esters is 1. The molecule has 2 fully saturated rings. The number of rotatable bonds is 8. The number of halogens is 1. The molecule has 0 N–H and O–H groups in total. The van der Waals surface area contributed by atoms with Crippen LogP contribution >= 0.6 is 0 Å². The van der Waals surface area contributed by atoms with Crippen LogP contribution in [0.2, 0.25) is 0 Å². The average Bonchev–Trinajstić information content (AvgIpc) is 3.61. The lowest BCUT2D eigenvalue weighted by Crippen LogP contribution is -2.52. The number of nitrogens with zero attached hydrogens (tertiary/aromatic N) is 6. The number of ether oxygens (including phenoxy) is 1. The smallest absolute Gasteiger partial charge is 0.317 e. The van der Waals surface area contributed by atoms with Gasteiger partial charge in [0.15, 0.2) is 5.78 Å². The molecule has 1 aromatic carbocycles. The lowest BCUT2D eigenvalue weighted by Gasteiger charge is -2.43. The van der Waals surface area contributed by atoms with Crippen LogP contribution in [0.1, 0.15) is 69.3 Å². The second-order valence-electron chi connectivity index (χ2n) is 11.5. The number of hydrogen-bond donors (Lipinski definition) is 0. The maximum absolute atomic E-state index is 14.9. The Balaban J connectivity index is 1.33. The van der Waals surface area contributed by atoms with Gasteiger partial charge in [0, 0.05) is 37.8 Å². The van der Waals surface area contributed by atoms with Crippen LogP contribution in [0.25, 0.3) is 11.5 Å². The molecule has 1 aliphatic carbocycles. The molecule has 2 unspecified atom stereocenters. The number of aryl methyl sites for hydroxylation is 2. The van der Waals surface area contributed by atoms with E-state index in [-0.39, 0.29) is 24.5 Å². The standard InChI is InChI=1S/C30H33FN6O3/c1-29(2,18-32)22-9-8-19(14-23(22)31)10-11-30(20-6-4-5-7-20)16-25(38)21(28(39)40-30)15-26-35-27(36-37(26)3)24-17-33-12-13-34-24/h8-9,12-14,17,20-21H,4-7,10-11,15-16H2,1-3H3. The maximum atomic E-state index is 14.9. The van der Waals surface area contributed by atoms with E-state index in [1.54, 1.807) is 50.2 Å². The van der Waals surface area contributed by atoms with Gasteiger partial charge in [-0.25, -0.2) is 14.4 Å². The molecule has 40 heavy (non-hydrogen) atoms. The summed E-state index contributed by atoms with van der Waals surface area (Å²) in [5.41, 5.74) is -0.257. The zero-order valence-electron chi connectivity index (χ0n) is 23.1. The van der Waals surface area contributed by atoms with Gasteiger partial charge in [-0.05, 0) is 57.1 Å². The van der Waals surface area contributed by atoms with Crippen molar-refractivity contribution in [1.29, 1.82) is 5.26 Å². The highest BCUT2D eigenvalue weighted by molar-refractivity contribution is 6.01. The summed E-state index contributed by atoms with van der Waals surface area (Å²) >= 11 is 0. The Morgan fingerprint density at radius 3 is 2.65 bits per heavy atom. The van der Waals surface area contributed by atoms with Crippen molar-refractivity contribution in [1.82, 2.24) is 24.7 Å². The van der Waals surface area contributed by atoms with E-state index >= 15 is 0 Å². The zero-order valence-corrected chi connectivity index (χ0v) is 23.1. The Bertz CT molecular complexity index is 1440. The van der Waals surface area contributed by atoms with E-state index < -0.39 is 28.7 Å². The van der Waals surface area contributed by atoms with Crippen LogP contribution < -0.4 is 0 Å². The third kappa shape index (κ3) is 5.37. The SMILES string of the molecule is Cn1nc(-c2cnccn2)nc1CC1C(=O)CC(CCc2ccc(C(C)(C)C#N)c(F)c2)(C2CCCC2)OC1=O. The highest BCUT2D eigenvalue weighted by Crippen LogP contribution is 2.45. The first-order valence-electron chi connectivity index (χ1n) is 13.7. The molecule has 10 heteroatoms. The number of Topliss-reactive ketones (excluding diaryl/α,β-unsaturated/α-hetero) is 1. The number of cyclic esters (lactones) is 1. The summed E-state index contributed by atoms with van der Waals surface area (Å²) in [4.78, 5) is 39.7. The Morgan fingerprint density at radius 2 is 2.00 bits per heavy atom. The highest BCUT2D eigenvalue weighted by Gasteiger charge is 2.51. The van der Waals surface area contributed by atoms with Crippen LogP contribution in [0.3, 0.4) is 0 Å². The highest BCUT2D eigenvalue weighted by atomic mass is 19.1. The minimum Gasteiger partial charge on any atom is -0.458 e. The number of carbonyl (C=O) groups excluding carboxylic acids is 2. The molecule has 2 aliphatic rings. The van der Waals surface area contributed by atoms with Gasteiger partial charge in [-0.2, -0.15) is 5.26 Å². The third-order valence-electron chi connectivity index (χ3n) is 8.41. The van der Waals surface area contributed by atoms with E-state index in [1.807, 2.05) is 6.07 Å². The second kappa shape index (κ2) is 10.9. The number of ketones is 1. The predicted octanol–water partition coefficient (Wildman–Crippen LogP) is 4.45. The molecule has 3 aromatic rings. The summed E-state index contributed by atoms with van der Waals surface area (Å²) in [6, 6.07) is 7.06. The minimum atomic E-state index is -0.961. The van der Waals surface area contributed by atoms with E-state index in [4.69, 9.17) is 4.74 Å². The van der Waals surface area contributed by atoms with Gasteiger partial charge in [-0.1, -0.05) is 25.0 Å². The van der Waals surface area contributed by atoms with E-state index in [9.17, 15) is 19.2 Å². The fraction of sp³-hybridized carbons (Fsp3) is 0.500. The van der Waals surface area contributed by atoms with Crippen molar-refractivity contribution in [2.45, 2.75) is 76.2 Å². The largest absolute Gasteiger partial charge is 0.458 e. The fourth-order valence-electron chi connectivity index (χ4n) is 6.01. The van der Waals surface area contributed by atoms with Crippen molar-refractivity contribution in [3.63, 3.8) is 0 Å². The van der Waals surface area contributed by atoms with Gasteiger partial charge in [0.1, 0.15) is 28.9 Å². The Labute approximate surface area is 232 Å². The van der Waals surface area contributed by atoms with Crippen LogP contribution in [-0.2, 0) is 39.6 Å². The van der Waals surface area contributed by atoms with Gasteiger partial charge in [0.05, 0.1) is 17.7 Å². The topological polar surface area (TPSA) is 124 Å². The molecule has 3 heterocycles. The van der Waals surface area contributed by atoms with Gasteiger partial charge >= 0.3 is 5.97 Å². The number of aromatic nitrogens is 5. The fourth-order valence-corrected chi connectivity index (χ4v) is 6.01. The van der Waals surface area contributed by atoms with Gasteiger partial charge in [0.2, 0.25) is 5.82 Å². The second-order valence-corrected chi connectivity index (χ2v) is 11.5. The van der Waals surface area contributed by atoms with Crippen LogP contribution in [0.4, 0.5) is 4.39 Å². The lowest BCUT2D eigenvalue weighted by atomic mass is 9.73. The molecular weight excluding hydrogens is 511 g/mol. The molecule has 0 radical (unpaired) electrons. The molecule has 5 rings (SSSR count). The number of nitriles is 1. The van der Waals surface area contributed by atoms with E-state index in [0.29, 0.717) is 35.7 Å². The third-order valence-corrected chi connectivity index (χ3v) is 8.41. The predicted molar refractivity (Wildman–Crippen MR) is 143 cm³/mol. The van der Waals surface area contributed by atoms with Crippen molar-refractivity contribution >= 4 is 11.8 Å². The zero-order chi connectivity index (χ0) is 28.5. The molecule has 2 atom stereocenters. The number of carbonyl (C=O) groups is 2. The summed E-state index contributed by atoms with van der Waals surface area (Å²) in [5, 5.41) is 13.8. The van der Waals surface area contributed by atoms with Crippen LogP contribution in [0.15, 0.2) is 36.8 Å². The van der Waals surface area contributed by atoms with Crippen molar-refractivity contribution in [3.8, 4) is 17.6 Å². The minimum absolute atomic E-state index is 0.0843. The van der Waals surface area contributed by atoms with Crippen molar-refractivity contribution in [3.05, 3.63) is 59.6 Å². The quantitative estimate of drug-likeness (QED) is 0.301. The summed E-state index contributed by atoms with van der Waals surface area (Å²) in [6.07, 6.45) is 9.59. The van der Waals surface area contributed by atoms with Crippen LogP contribution in [0, 0.1) is 29.0 Å². The monoisotopic (exact) mass is 544 g/mol. The van der Waals surface area contributed by atoms with Gasteiger partial charge in [-0.3, -0.25) is 19.3 Å². The summed E-state index contributed by atoms with van der Waals surface area (Å²) in [6.45, 7) is 3.36. The normalized spacial score (nSPS) is 21.8. The first-order valence-corrected chi connectivity index (χ1v) is 13.7. The molecule has 9 nitrogen and oxygen atoms in total. The lowest BCUT2D eigenvalue weighted by molar-refractivity contribution is -0.185. The Morgan fingerprint density at radius 1 is 1.23 bits per heavy atom. The first kappa shape index (κ1) is 27.6. The molecule has 2 aromatic heterocycles. The van der Waals surface area contributed by atoms with E-state index in [2.05, 4.69) is 26.1 Å². The number of hydrogen-bond acceptors (Lipinski definition) is 8. The Kier molecular flexibility index (Phi) is 7.49. The molecule has 0 bridgehead atoms. The molecule has 0 amide bonds. The van der Waals surface area contributed by atoms with Crippen molar-refractivity contribution in [2.24, 2.45) is 18.9 Å². The van der Waals surface area contributed by atoms with Gasteiger partial charge in [0.25, 0.3) is 0 Å². The molecule has 1 saturated carbocycles. The molecular formula is C30H33FN6O3. The maximum Gasteiger partial charge on any atom is 0.317 e. The number of benzene rings is 1. The van der Waals surface area contributed by atoms with E-state index in [1.165, 1.54) is 6.07 Å². The van der Waals surface area contributed by atoms with Crippen molar-refractivity contribution in [2.75, 3.05) is 0 Å².